The maximum absolute atomic E-state index is 12.8. The van der Waals surface area contributed by atoms with Crippen molar-refractivity contribution in [3.05, 3.63) is 18.6 Å². The lowest BCUT2D eigenvalue weighted by Gasteiger charge is -2.32. The molecule has 3 rings (SSSR count). The second kappa shape index (κ2) is 8.01. The first-order valence-electron chi connectivity index (χ1n) is 9.52. The van der Waals surface area contributed by atoms with Crippen LogP contribution >= 0.6 is 0 Å². The highest BCUT2D eigenvalue weighted by Gasteiger charge is 2.37. The zero-order valence-electron chi connectivity index (χ0n) is 15.9. The molecule has 0 spiro atoms. The van der Waals surface area contributed by atoms with Crippen molar-refractivity contribution in [3.8, 4) is 0 Å². The number of anilines is 1. The minimum Gasteiger partial charge on any atom is -0.353 e. The third-order valence-corrected chi connectivity index (χ3v) is 5.73. The number of carbonyl (C=O) groups excluding carboxylic acids is 2. The molecule has 2 fully saturated rings. The number of hydrogen-bond acceptors (Lipinski definition) is 5. The van der Waals surface area contributed by atoms with E-state index < -0.39 is 0 Å². The van der Waals surface area contributed by atoms with E-state index in [1.165, 1.54) is 0 Å². The SMILES string of the molecule is CC(=O)N1CCC(C(=O)N[C@@H]2CN(c3cnccn3)C[C@H]2C(C)C)CC1. The van der Waals surface area contributed by atoms with Crippen LogP contribution in [0.15, 0.2) is 18.6 Å². The number of aromatic nitrogens is 2. The summed E-state index contributed by atoms with van der Waals surface area (Å²) in [6.07, 6.45) is 6.65. The van der Waals surface area contributed by atoms with Crippen LogP contribution in [0.2, 0.25) is 0 Å². The molecule has 2 aliphatic heterocycles. The first-order chi connectivity index (χ1) is 12.5. The van der Waals surface area contributed by atoms with E-state index >= 15 is 0 Å². The Bertz CT molecular complexity index is 628. The van der Waals surface area contributed by atoms with Gasteiger partial charge in [-0.15, -0.1) is 0 Å². The summed E-state index contributed by atoms with van der Waals surface area (Å²) >= 11 is 0. The van der Waals surface area contributed by atoms with Gasteiger partial charge in [0.2, 0.25) is 11.8 Å². The van der Waals surface area contributed by atoms with E-state index in [2.05, 4.69) is 34.0 Å². The average molecular weight is 359 g/mol. The Balaban J connectivity index is 1.60. The summed E-state index contributed by atoms with van der Waals surface area (Å²) in [7, 11) is 0. The first-order valence-corrected chi connectivity index (χ1v) is 9.52. The third-order valence-electron chi connectivity index (χ3n) is 5.73. The van der Waals surface area contributed by atoms with Gasteiger partial charge >= 0.3 is 0 Å². The fourth-order valence-electron chi connectivity index (χ4n) is 4.06. The van der Waals surface area contributed by atoms with Crippen LogP contribution < -0.4 is 10.2 Å². The van der Waals surface area contributed by atoms with E-state index in [1.54, 1.807) is 25.5 Å². The highest BCUT2D eigenvalue weighted by atomic mass is 16.2. The van der Waals surface area contributed by atoms with Gasteiger partial charge in [-0.05, 0) is 18.8 Å². The van der Waals surface area contributed by atoms with Crippen LogP contribution in [-0.2, 0) is 9.59 Å². The molecule has 1 aromatic rings. The van der Waals surface area contributed by atoms with Gasteiger partial charge in [0.25, 0.3) is 0 Å². The molecule has 142 valence electrons. The Kier molecular flexibility index (Phi) is 5.74. The number of nitrogens with one attached hydrogen (secondary N) is 1. The predicted molar refractivity (Wildman–Crippen MR) is 99.5 cm³/mol. The molecule has 0 aromatic carbocycles. The van der Waals surface area contributed by atoms with Crippen LogP contribution in [0.5, 0.6) is 0 Å². The van der Waals surface area contributed by atoms with Gasteiger partial charge in [0.1, 0.15) is 5.82 Å². The summed E-state index contributed by atoms with van der Waals surface area (Å²) in [6, 6.07) is 0.121. The Morgan fingerprint density at radius 3 is 2.50 bits per heavy atom. The Morgan fingerprint density at radius 2 is 1.92 bits per heavy atom. The number of amides is 2. The van der Waals surface area contributed by atoms with Crippen molar-refractivity contribution < 1.29 is 9.59 Å². The van der Waals surface area contributed by atoms with Crippen molar-refractivity contribution >= 4 is 17.6 Å². The van der Waals surface area contributed by atoms with Gasteiger partial charge in [0, 0.05) is 57.3 Å². The molecule has 2 amide bonds. The number of carbonyl (C=O) groups is 2. The molecule has 2 atom stereocenters. The highest BCUT2D eigenvalue weighted by Crippen LogP contribution is 2.28. The average Bonchev–Trinajstić information content (AvgIpc) is 3.06. The molecular formula is C19H29N5O2. The minimum absolute atomic E-state index is 0.00368. The van der Waals surface area contributed by atoms with Crippen LogP contribution in [0.3, 0.4) is 0 Å². The summed E-state index contributed by atoms with van der Waals surface area (Å²) in [6.45, 7) is 9.00. The van der Waals surface area contributed by atoms with E-state index in [0.717, 1.165) is 31.7 Å². The second-order valence-corrected chi connectivity index (χ2v) is 7.77. The Hall–Kier alpha value is -2.18. The number of nitrogens with zero attached hydrogens (tertiary/aromatic N) is 4. The second-order valence-electron chi connectivity index (χ2n) is 7.77. The molecule has 1 aromatic heterocycles. The molecule has 7 heteroatoms. The fourth-order valence-corrected chi connectivity index (χ4v) is 4.06. The molecule has 1 N–H and O–H groups in total. The zero-order valence-corrected chi connectivity index (χ0v) is 15.9. The fraction of sp³-hybridized carbons (Fsp3) is 0.684. The number of piperidine rings is 1. The van der Waals surface area contributed by atoms with E-state index in [0.29, 0.717) is 24.9 Å². The van der Waals surface area contributed by atoms with Crippen molar-refractivity contribution in [3.63, 3.8) is 0 Å². The largest absolute Gasteiger partial charge is 0.353 e. The molecule has 0 aliphatic carbocycles. The topological polar surface area (TPSA) is 78.4 Å². The van der Waals surface area contributed by atoms with Crippen LogP contribution in [-0.4, -0.2) is 58.9 Å². The van der Waals surface area contributed by atoms with Crippen LogP contribution in [0.25, 0.3) is 0 Å². The minimum atomic E-state index is 0.00368. The molecule has 0 radical (unpaired) electrons. The lowest BCUT2D eigenvalue weighted by molar-refractivity contribution is -0.134. The summed E-state index contributed by atoms with van der Waals surface area (Å²) in [5.41, 5.74) is 0. The summed E-state index contributed by atoms with van der Waals surface area (Å²) in [5.74, 6) is 1.96. The number of rotatable bonds is 4. The molecule has 0 unspecified atom stereocenters. The maximum Gasteiger partial charge on any atom is 0.223 e. The summed E-state index contributed by atoms with van der Waals surface area (Å²) < 4.78 is 0. The first kappa shape index (κ1) is 18.6. The van der Waals surface area contributed by atoms with Gasteiger partial charge in [-0.1, -0.05) is 13.8 Å². The van der Waals surface area contributed by atoms with Gasteiger partial charge in [-0.25, -0.2) is 4.98 Å². The third kappa shape index (κ3) is 4.14. The van der Waals surface area contributed by atoms with Crippen molar-refractivity contribution in [2.75, 3.05) is 31.1 Å². The van der Waals surface area contributed by atoms with Gasteiger partial charge in [-0.3, -0.25) is 14.6 Å². The molecule has 0 saturated carbocycles. The van der Waals surface area contributed by atoms with Crippen LogP contribution in [0.4, 0.5) is 5.82 Å². The molecule has 3 heterocycles. The smallest absolute Gasteiger partial charge is 0.223 e. The normalized spacial score (nSPS) is 24.2. The number of likely N-dealkylation sites (tertiary alicyclic amines) is 1. The maximum atomic E-state index is 12.8. The van der Waals surface area contributed by atoms with Gasteiger partial charge < -0.3 is 15.1 Å². The van der Waals surface area contributed by atoms with Crippen molar-refractivity contribution in [2.45, 2.75) is 39.7 Å². The molecule has 0 bridgehead atoms. The zero-order chi connectivity index (χ0) is 18.7. The molecule has 26 heavy (non-hydrogen) atoms. The highest BCUT2D eigenvalue weighted by molar-refractivity contribution is 5.80. The quantitative estimate of drug-likeness (QED) is 0.877. The van der Waals surface area contributed by atoms with Crippen LogP contribution in [0, 0.1) is 17.8 Å². The predicted octanol–water partition coefficient (Wildman–Crippen LogP) is 1.31. The van der Waals surface area contributed by atoms with Crippen LogP contribution in [0.1, 0.15) is 33.6 Å². The standard InChI is InChI=1S/C19H29N5O2/c1-13(2)16-11-24(18-10-20-6-7-21-18)12-17(16)22-19(26)15-4-8-23(9-5-15)14(3)25/h6-7,10,13,15-17H,4-5,8-9,11-12H2,1-3H3,(H,22,26)/t16-,17+/m0/s1. The molecular weight excluding hydrogens is 330 g/mol. The van der Waals surface area contributed by atoms with Gasteiger partial charge in [-0.2, -0.15) is 0 Å². The van der Waals surface area contributed by atoms with Crippen molar-refractivity contribution in [1.82, 2.24) is 20.2 Å². The lowest BCUT2D eigenvalue weighted by atomic mass is 9.90. The van der Waals surface area contributed by atoms with E-state index in [1.807, 2.05) is 4.90 Å². The van der Waals surface area contributed by atoms with Gasteiger partial charge in [0.05, 0.1) is 12.2 Å². The van der Waals surface area contributed by atoms with Crippen molar-refractivity contribution in [1.29, 1.82) is 0 Å². The molecule has 7 nitrogen and oxygen atoms in total. The Morgan fingerprint density at radius 1 is 1.19 bits per heavy atom. The molecule has 2 saturated heterocycles. The Labute approximate surface area is 155 Å². The van der Waals surface area contributed by atoms with E-state index in [9.17, 15) is 9.59 Å². The van der Waals surface area contributed by atoms with Gasteiger partial charge in [0.15, 0.2) is 0 Å². The van der Waals surface area contributed by atoms with Crippen molar-refractivity contribution in [2.24, 2.45) is 17.8 Å². The summed E-state index contributed by atoms with van der Waals surface area (Å²) in [4.78, 5) is 36.8. The number of hydrogen-bond donors (Lipinski definition) is 1. The van der Waals surface area contributed by atoms with E-state index in [4.69, 9.17) is 0 Å². The summed E-state index contributed by atoms with van der Waals surface area (Å²) in [5, 5.41) is 3.29. The lowest BCUT2D eigenvalue weighted by Crippen LogP contribution is -2.47. The monoisotopic (exact) mass is 359 g/mol. The molecule has 2 aliphatic rings. The van der Waals surface area contributed by atoms with E-state index in [-0.39, 0.29) is 23.8 Å².